The Kier molecular flexibility index (Phi) is 8.74. The fraction of sp³-hybridized carbons (Fsp3) is 0.625. The molecule has 114 valence electrons. The summed E-state index contributed by atoms with van der Waals surface area (Å²) < 4.78 is 5.62. The van der Waals surface area contributed by atoms with Gasteiger partial charge in [0.05, 0.1) is 6.61 Å². The zero-order valence-corrected chi connectivity index (χ0v) is 14.0. The van der Waals surface area contributed by atoms with Crippen LogP contribution in [0, 0.1) is 0 Å². The van der Waals surface area contributed by atoms with Crippen LogP contribution in [-0.2, 0) is 0 Å². The molecule has 0 aromatic heterocycles. The molecule has 0 bridgehead atoms. The van der Waals surface area contributed by atoms with Gasteiger partial charge in [-0.1, -0.05) is 19.1 Å². The molecule has 1 aromatic rings. The smallest absolute Gasteiger partial charge is 0.119 e. The Morgan fingerprint density at radius 3 is 2.50 bits per heavy atom. The first-order chi connectivity index (χ1) is 9.67. The highest BCUT2D eigenvalue weighted by Crippen LogP contribution is 2.21. The molecule has 3 nitrogen and oxygen atoms in total. The summed E-state index contributed by atoms with van der Waals surface area (Å²) in [6.45, 7) is 4.04. The summed E-state index contributed by atoms with van der Waals surface area (Å²) in [5.74, 6) is 3.23. The Balaban J connectivity index is 2.43. The van der Waals surface area contributed by atoms with E-state index in [-0.39, 0.29) is 0 Å². The van der Waals surface area contributed by atoms with Crippen LogP contribution in [0.2, 0.25) is 0 Å². The van der Waals surface area contributed by atoms with Crippen molar-refractivity contribution in [1.82, 2.24) is 10.2 Å². The molecule has 0 saturated heterocycles. The minimum atomic E-state index is 0.405. The number of hydrogen-bond donors (Lipinski definition) is 1. The van der Waals surface area contributed by atoms with Crippen LogP contribution in [0.3, 0.4) is 0 Å². The van der Waals surface area contributed by atoms with Crippen LogP contribution in [0.5, 0.6) is 5.75 Å². The highest BCUT2D eigenvalue weighted by atomic mass is 32.2. The van der Waals surface area contributed by atoms with Gasteiger partial charge in [-0.2, -0.15) is 11.8 Å². The van der Waals surface area contributed by atoms with Gasteiger partial charge >= 0.3 is 0 Å². The maximum Gasteiger partial charge on any atom is 0.119 e. The molecule has 4 heteroatoms. The van der Waals surface area contributed by atoms with Crippen LogP contribution in [-0.4, -0.2) is 50.7 Å². The zero-order chi connectivity index (χ0) is 14.8. The van der Waals surface area contributed by atoms with Gasteiger partial charge < -0.3 is 15.0 Å². The van der Waals surface area contributed by atoms with Crippen molar-refractivity contribution in [3.63, 3.8) is 0 Å². The Bertz CT molecular complexity index is 354. The van der Waals surface area contributed by atoms with Gasteiger partial charge in [-0.15, -0.1) is 0 Å². The number of thioether (sulfide) groups is 1. The molecule has 1 unspecified atom stereocenters. The highest BCUT2D eigenvalue weighted by Gasteiger charge is 2.09. The van der Waals surface area contributed by atoms with Crippen LogP contribution in [0.4, 0.5) is 0 Å². The van der Waals surface area contributed by atoms with Crippen LogP contribution in [0.1, 0.15) is 24.9 Å². The zero-order valence-electron chi connectivity index (χ0n) is 13.2. The molecule has 0 aliphatic carbocycles. The van der Waals surface area contributed by atoms with E-state index in [0.717, 1.165) is 31.1 Å². The first-order valence-corrected chi connectivity index (χ1v) is 8.45. The molecule has 1 aromatic carbocycles. The molecule has 0 heterocycles. The van der Waals surface area contributed by atoms with Gasteiger partial charge in [0.15, 0.2) is 0 Å². The van der Waals surface area contributed by atoms with Crippen molar-refractivity contribution < 1.29 is 4.74 Å². The molecule has 0 spiro atoms. The Labute approximate surface area is 128 Å². The predicted octanol–water partition coefficient (Wildman–Crippen LogP) is 3.03. The second kappa shape index (κ2) is 10.1. The molecular weight excluding hydrogens is 268 g/mol. The van der Waals surface area contributed by atoms with E-state index in [0.29, 0.717) is 6.04 Å². The second-order valence-electron chi connectivity index (χ2n) is 5.14. The topological polar surface area (TPSA) is 24.5 Å². The van der Waals surface area contributed by atoms with Gasteiger partial charge in [0.2, 0.25) is 0 Å². The average Bonchev–Trinajstić information content (AvgIpc) is 2.46. The lowest BCUT2D eigenvalue weighted by molar-refractivity contribution is 0.317. The first kappa shape index (κ1) is 17.3. The summed E-state index contributed by atoms with van der Waals surface area (Å²) in [4.78, 5) is 2.22. The SMILES string of the molecule is CCCOc1ccc(C(CSCCN(C)C)NC)cc1. The van der Waals surface area contributed by atoms with E-state index in [1.165, 1.54) is 11.3 Å². The van der Waals surface area contributed by atoms with Crippen molar-refractivity contribution in [1.29, 1.82) is 0 Å². The summed E-state index contributed by atoms with van der Waals surface area (Å²) >= 11 is 1.99. The third kappa shape index (κ3) is 6.64. The normalized spacial score (nSPS) is 12.7. The third-order valence-electron chi connectivity index (χ3n) is 3.07. The van der Waals surface area contributed by atoms with Crippen molar-refractivity contribution >= 4 is 11.8 Å². The Morgan fingerprint density at radius 2 is 1.95 bits per heavy atom. The summed E-state index contributed by atoms with van der Waals surface area (Å²) in [6, 6.07) is 8.87. The van der Waals surface area contributed by atoms with Crippen LogP contribution in [0.15, 0.2) is 24.3 Å². The number of rotatable bonds is 10. The van der Waals surface area contributed by atoms with E-state index in [4.69, 9.17) is 4.74 Å². The van der Waals surface area contributed by atoms with Gasteiger partial charge in [-0.25, -0.2) is 0 Å². The van der Waals surface area contributed by atoms with Crippen LogP contribution < -0.4 is 10.1 Å². The maximum absolute atomic E-state index is 5.62. The first-order valence-electron chi connectivity index (χ1n) is 7.29. The van der Waals surface area contributed by atoms with Crippen molar-refractivity contribution in [3.05, 3.63) is 29.8 Å². The number of benzene rings is 1. The minimum absolute atomic E-state index is 0.405. The van der Waals surface area contributed by atoms with E-state index in [1.807, 2.05) is 18.8 Å². The largest absolute Gasteiger partial charge is 0.494 e. The Hall–Kier alpha value is -0.710. The van der Waals surface area contributed by atoms with E-state index in [2.05, 4.69) is 55.5 Å². The molecule has 0 aliphatic rings. The molecule has 0 fully saturated rings. The monoisotopic (exact) mass is 296 g/mol. The number of hydrogen-bond acceptors (Lipinski definition) is 4. The molecule has 20 heavy (non-hydrogen) atoms. The van der Waals surface area contributed by atoms with Gasteiger partial charge in [0, 0.05) is 24.1 Å². The molecule has 0 amide bonds. The molecule has 1 N–H and O–H groups in total. The Morgan fingerprint density at radius 1 is 1.25 bits per heavy atom. The third-order valence-corrected chi connectivity index (χ3v) is 4.11. The predicted molar refractivity (Wildman–Crippen MR) is 89.9 cm³/mol. The lowest BCUT2D eigenvalue weighted by Gasteiger charge is -2.17. The van der Waals surface area contributed by atoms with Gasteiger partial charge in [-0.05, 0) is 45.3 Å². The summed E-state index contributed by atoms with van der Waals surface area (Å²) in [5, 5.41) is 3.39. The maximum atomic E-state index is 5.62. The molecule has 0 radical (unpaired) electrons. The van der Waals surface area contributed by atoms with Crippen molar-refractivity contribution in [3.8, 4) is 5.75 Å². The molecular formula is C16H28N2OS. The van der Waals surface area contributed by atoms with Crippen molar-refractivity contribution in [2.24, 2.45) is 0 Å². The lowest BCUT2D eigenvalue weighted by atomic mass is 10.1. The number of nitrogens with zero attached hydrogens (tertiary/aromatic N) is 1. The number of nitrogens with one attached hydrogen (secondary N) is 1. The van der Waals surface area contributed by atoms with Crippen LogP contribution >= 0.6 is 11.8 Å². The van der Waals surface area contributed by atoms with Crippen molar-refractivity contribution in [2.75, 3.05) is 45.8 Å². The van der Waals surface area contributed by atoms with Gasteiger partial charge in [-0.3, -0.25) is 0 Å². The van der Waals surface area contributed by atoms with E-state index < -0.39 is 0 Å². The van der Waals surface area contributed by atoms with Gasteiger partial charge in [0.1, 0.15) is 5.75 Å². The molecule has 0 aliphatic heterocycles. The summed E-state index contributed by atoms with van der Waals surface area (Å²) in [6.07, 6.45) is 1.05. The molecule has 1 rings (SSSR count). The number of ether oxygens (including phenoxy) is 1. The van der Waals surface area contributed by atoms with E-state index >= 15 is 0 Å². The fourth-order valence-corrected chi connectivity index (χ4v) is 3.07. The molecule has 1 atom stereocenters. The van der Waals surface area contributed by atoms with Crippen LogP contribution in [0.25, 0.3) is 0 Å². The van der Waals surface area contributed by atoms with Crippen molar-refractivity contribution in [2.45, 2.75) is 19.4 Å². The second-order valence-corrected chi connectivity index (χ2v) is 6.29. The fourth-order valence-electron chi connectivity index (χ4n) is 1.81. The molecule has 0 saturated carbocycles. The summed E-state index contributed by atoms with van der Waals surface area (Å²) in [5.41, 5.74) is 1.33. The quantitative estimate of drug-likeness (QED) is 0.671. The highest BCUT2D eigenvalue weighted by molar-refractivity contribution is 7.99. The average molecular weight is 296 g/mol. The van der Waals surface area contributed by atoms with Gasteiger partial charge in [0.25, 0.3) is 0 Å². The summed E-state index contributed by atoms with van der Waals surface area (Å²) in [7, 11) is 6.26. The lowest BCUT2D eigenvalue weighted by Crippen LogP contribution is -2.20. The minimum Gasteiger partial charge on any atom is -0.494 e. The standard InChI is InChI=1S/C16H28N2OS/c1-5-11-19-15-8-6-14(7-9-15)16(17-2)13-20-12-10-18(3)4/h6-9,16-17H,5,10-13H2,1-4H3. The van der Waals surface area contributed by atoms with E-state index in [9.17, 15) is 0 Å². The van der Waals surface area contributed by atoms with E-state index in [1.54, 1.807) is 0 Å².